The minimum absolute atomic E-state index is 0.0526. The molecule has 1 N–H and O–H groups in total. The van der Waals surface area contributed by atoms with E-state index in [0.717, 1.165) is 16.7 Å². The Morgan fingerprint density at radius 1 is 1.29 bits per heavy atom. The second-order valence-electron chi connectivity index (χ2n) is 3.39. The SMILES string of the molecule is CNS(=O)(=O)Cc1cc(C)ccc1C. The molecule has 0 atom stereocenters. The average Bonchev–Trinajstić information content (AvgIpc) is 2.11. The van der Waals surface area contributed by atoms with Crippen LogP contribution in [0, 0.1) is 13.8 Å². The Hall–Kier alpha value is -0.870. The third-order valence-electron chi connectivity index (χ3n) is 2.16. The van der Waals surface area contributed by atoms with E-state index in [1.165, 1.54) is 7.05 Å². The number of sulfonamides is 1. The molecule has 78 valence electrons. The Morgan fingerprint density at radius 2 is 1.93 bits per heavy atom. The van der Waals surface area contributed by atoms with Crippen LogP contribution >= 0.6 is 0 Å². The summed E-state index contributed by atoms with van der Waals surface area (Å²) in [6, 6.07) is 5.82. The maximum Gasteiger partial charge on any atom is 0.215 e. The van der Waals surface area contributed by atoms with Gasteiger partial charge in [-0.2, -0.15) is 0 Å². The lowest BCUT2D eigenvalue weighted by atomic mass is 10.1. The van der Waals surface area contributed by atoms with Gasteiger partial charge in [-0.1, -0.05) is 23.8 Å². The van der Waals surface area contributed by atoms with Gasteiger partial charge in [0.25, 0.3) is 0 Å². The van der Waals surface area contributed by atoms with Gasteiger partial charge in [-0.05, 0) is 32.0 Å². The van der Waals surface area contributed by atoms with E-state index >= 15 is 0 Å². The Labute approximate surface area is 85.2 Å². The van der Waals surface area contributed by atoms with Crippen LogP contribution in [0.3, 0.4) is 0 Å². The monoisotopic (exact) mass is 213 g/mol. The highest BCUT2D eigenvalue weighted by Gasteiger charge is 2.10. The summed E-state index contributed by atoms with van der Waals surface area (Å²) in [5, 5.41) is 0. The molecule has 14 heavy (non-hydrogen) atoms. The standard InChI is InChI=1S/C10H15NO2S/c1-8-4-5-9(2)10(6-8)7-14(12,13)11-3/h4-6,11H,7H2,1-3H3. The molecule has 0 fully saturated rings. The van der Waals surface area contributed by atoms with Crippen LogP contribution in [0.15, 0.2) is 18.2 Å². The molecule has 0 saturated carbocycles. The molecule has 0 radical (unpaired) electrons. The van der Waals surface area contributed by atoms with Crippen LogP contribution in [0.2, 0.25) is 0 Å². The van der Waals surface area contributed by atoms with Crippen LogP contribution < -0.4 is 4.72 Å². The van der Waals surface area contributed by atoms with E-state index in [1.54, 1.807) is 0 Å². The average molecular weight is 213 g/mol. The van der Waals surface area contributed by atoms with Crippen molar-refractivity contribution in [2.24, 2.45) is 0 Å². The van der Waals surface area contributed by atoms with Gasteiger partial charge in [-0.15, -0.1) is 0 Å². The van der Waals surface area contributed by atoms with E-state index in [1.807, 2.05) is 32.0 Å². The molecule has 0 heterocycles. The van der Waals surface area contributed by atoms with E-state index in [9.17, 15) is 8.42 Å². The van der Waals surface area contributed by atoms with Crippen molar-refractivity contribution in [2.75, 3.05) is 7.05 Å². The number of nitrogens with one attached hydrogen (secondary N) is 1. The topological polar surface area (TPSA) is 46.2 Å². The smallest absolute Gasteiger partial charge is 0.215 e. The highest BCUT2D eigenvalue weighted by Crippen LogP contribution is 2.13. The van der Waals surface area contributed by atoms with Crippen LogP contribution in [0.5, 0.6) is 0 Å². The lowest BCUT2D eigenvalue weighted by Crippen LogP contribution is -2.20. The van der Waals surface area contributed by atoms with Crippen molar-refractivity contribution in [1.82, 2.24) is 4.72 Å². The van der Waals surface area contributed by atoms with E-state index < -0.39 is 10.0 Å². The van der Waals surface area contributed by atoms with Gasteiger partial charge in [0.05, 0.1) is 5.75 Å². The minimum Gasteiger partial charge on any atom is -0.218 e. The molecular weight excluding hydrogens is 198 g/mol. The fraction of sp³-hybridized carbons (Fsp3) is 0.400. The van der Waals surface area contributed by atoms with Crippen molar-refractivity contribution in [3.8, 4) is 0 Å². The van der Waals surface area contributed by atoms with Crippen molar-refractivity contribution >= 4 is 10.0 Å². The molecule has 0 aliphatic heterocycles. The van der Waals surface area contributed by atoms with E-state index in [-0.39, 0.29) is 5.75 Å². The van der Waals surface area contributed by atoms with Gasteiger partial charge in [0, 0.05) is 0 Å². The summed E-state index contributed by atoms with van der Waals surface area (Å²) in [7, 11) is -1.73. The first kappa shape index (κ1) is 11.2. The first-order valence-corrected chi connectivity index (χ1v) is 6.07. The molecule has 1 rings (SSSR count). The second kappa shape index (κ2) is 4.11. The molecule has 0 aliphatic rings. The zero-order valence-electron chi connectivity index (χ0n) is 8.66. The maximum atomic E-state index is 11.3. The molecule has 0 amide bonds. The molecule has 0 bridgehead atoms. The zero-order valence-corrected chi connectivity index (χ0v) is 9.48. The van der Waals surface area contributed by atoms with Crippen LogP contribution in [0.4, 0.5) is 0 Å². The molecule has 0 aromatic heterocycles. The quantitative estimate of drug-likeness (QED) is 0.824. The maximum absolute atomic E-state index is 11.3. The van der Waals surface area contributed by atoms with E-state index in [0.29, 0.717) is 0 Å². The molecule has 1 aromatic rings. The van der Waals surface area contributed by atoms with Gasteiger partial charge in [-0.25, -0.2) is 13.1 Å². The number of aryl methyl sites for hydroxylation is 2. The number of benzene rings is 1. The summed E-state index contributed by atoms with van der Waals surface area (Å²) in [6.45, 7) is 3.87. The first-order chi connectivity index (χ1) is 6.44. The highest BCUT2D eigenvalue weighted by atomic mass is 32.2. The van der Waals surface area contributed by atoms with Gasteiger partial charge < -0.3 is 0 Å². The highest BCUT2D eigenvalue weighted by molar-refractivity contribution is 7.88. The van der Waals surface area contributed by atoms with Gasteiger partial charge in [0.15, 0.2) is 0 Å². The molecule has 0 spiro atoms. The van der Waals surface area contributed by atoms with Gasteiger partial charge in [-0.3, -0.25) is 0 Å². The van der Waals surface area contributed by atoms with Gasteiger partial charge in [0.2, 0.25) is 10.0 Å². The fourth-order valence-electron chi connectivity index (χ4n) is 1.23. The number of rotatable bonds is 3. The largest absolute Gasteiger partial charge is 0.218 e. The molecule has 0 aliphatic carbocycles. The summed E-state index contributed by atoms with van der Waals surface area (Å²) in [4.78, 5) is 0. The third-order valence-corrected chi connectivity index (χ3v) is 3.47. The van der Waals surface area contributed by atoms with Crippen LogP contribution in [0.1, 0.15) is 16.7 Å². The Kier molecular flexibility index (Phi) is 3.29. The third kappa shape index (κ3) is 2.82. The van der Waals surface area contributed by atoms with Crippen molar-refractivity contribution in [1.29, 1.82) is 0 Å². The molecular formula is C10H15NO2S. The zero-order chi connectivity index (χ0) is 10.8. The first-order valence-electron chi connectivity index (χ1n) is 4.42. The van der Waals surface area contributed by atoms with E-state index in [2.05, 4.69) is 4.72 Å². The predicted molar refractivity (Wildman–Crippen MR) is 57.6 cm³/mol. The Balaban J connectivity index is 3.03. The molecule has 1 aromatic carbocycles. The van der Waals surface area contributed by atoms with E-state index in [4.69, 9.17) is 0 Å². The van der Waals surface area contributed by atoms with Crippen LogP contribution in [-0.2, 0) is 15.8 Å². The fourth-order valence-corrected chi connectivity index (χ4v) is 2.10. The van der Waals surface area contributed by atoms with Crippen molar-refractivity contribution in [2.45, 2.75) is 19.6 Å². The summed E-state index contributed by atoms with van der Waals surface area (Å²) in [6.07, 6.45) is 0. The molecule has 3 nitrogen and oxygen atoms in total. The number of hydrogen-bond acceptors (Lipinski definition) is 2. The second-order valence-corrected chi connectivity index (χ2v) is 5.32. The molecule has 0 unspecified atom stereocenters. The van der Waals surface area contributed by atoms with Gasteiger partial charge in [0.1, 0.15) is 0 Å². The lowest BCUT2D eigenvalue weighted by Gasteiger charge is -2.07. The van der Waals surface area contributed by atoms with Gasteiger partial charge >= 0.3 is 0 Å². The lowest BCUT2D eigenvalue weighted by molar-refractivity contribution is 0.587. The van der Waals surface area contributed by atoms with Crippen LogP contribution in [0.25, 0.3) is 0 Å². The van der Waals surface area contributed by atoms with Crippen LogP contribution in [-0.4, -0.2) is 15.5 Å². The summed E-state index contributed by atoms with van der Waals surface area (Å²) < 4.78 is 25.0. The molecule has 4 heteroatoms. The number of hydrogen-bond donors (Lipinski definition) is 1. The Bertz CT molecular complexity index is 424. The predicted octanol–water partition coefficient (Wildman–Crippen LogP) is 1.35. The Morgan fingerprint density at radius 3 is 2.50 bits per heavy atom. The summed E-state index contributed by atoms with van der Waals surface area (Å²) in [5.74, 6) is 0.0526. The van der Waals surface area contributed by atoms with Crippen molar-refractivity contribution in [3.05, 3.63) is 34.9 Å². The minimum atomic E-state index is -3.16. The molecule has 0 saturated heterocycles. The van der Waals surface area contributed by atoms with Crippen molar-refractivity contribution in [3.63, 3.8) is 0 Å². The van der Waals surface area contributed by atoms with Crippen molar-refractivity contribution < 1.29 is 8.42 Å². The summed E-state index contributed by atoms with van der Waals surface area (Å²) in [5.41, 5.74) is 2.95. The normalized spacial score (nSPS) is 11.6. The summed E-state index contributed by atoms with van der Waals surface area (Å²) >= 11 is 0.